The second kappa shape index (κ2) is 5.16. The van der Waals surface area contributed by atoms with E-state index in [0.29, 0.717) is 22.2 Å². The Morgan fingerprint density at radius 2 is 1.95 bits per heavy atom. The summed E-state index contributed by atoms with van der Waals surface area (Å²) in [6.45, 7) is 0. The highest BCUT2D eigenvalue weighted by Crippen LogP contribution is 2.26. The molecule has 106 valence electrons. The molecular weight excluding hydrogens is 270 g/mol. The summed E-state index contributed by atoms with van der Waals surface area (Å²) >= 11 is 0. The SMILES string of the molecule is COc1ccc2cc(=O)n(Nc3ccncc3)c(O)c2c1. The maximum Gasteiger partial charge on any atom is 0.272 e. The van der Waals surface area contributed by atoms with E-state index in [9.17, 15) is 9.90 Å². The number of ether oxygens (including phenoxy) is 1. The number of fused-ring (bicyclic) bond motifs is 1. The Kier molecular flexibility index (Phi) is 3.19. The first-order valence-electron chi connectivity index (χ1n) is 6.29. The van der Waals surface area contributed by atoms with E-state index in [2.05, 4.69) is 10.4 Å². The molecule has 0 saturated carbocycles. The van der Waals surface area contributed by atoms with Gasteiger partial charge in [-0.15, -0.1) is 0 Å². The number of anilines is 1. The molecule has 2 heterocycles. The zero-order valence-electron chi connectivity index (χ0n) is 11.3. The number of aromatic nitrogens is 2. The van der Waals surface area contributed by atoms with Crippen molar-refractivity contribution in [1.29, 1.82) is 0 Å². The van der Waals surface area contributed by atoms with Crippen molar-refractivity contribution < 1.29 is 9.84 Å². The molecule has 0 unspecified atom stereocenters. The van der Waals surface area contributed by atoms with Crippen LogP contribution in [0.15, 0.2) is 53.6 Å². The Morgan fingerprint density at radius 1 is 1.19 bits per heavy atom. The van der Waals surface area contributed by atoms with E-state index >= 15 is 0 Å². The van der Waals surface area contributed by atoms with Gasteiger partial charge in [0, 0.05) is 23.8 Å². The number of hydrogen-bond donors (Lipinski definition) is 2. The monoisotopic (exact) mass is 283 g/mol. The van der Waals surface area contributed by atoms with E-state index in [1.165, 1.54) is 6.07 Å². The van der Waals surface area contributed by atoms with Crippen molar-refractivity contribution >= 4 is 16.5 Å². The maximum atomic E-state index is 12.1. The Morgan fingerprint density at radius 3 is 2.67 bits per heavy atom. The number of nitrogens with one attached hydrogen (secondary N) is 1. The number of benzene rings is 1. The average Bonchev–Trinajstić information content (AvgIpc) is 2.52. The molecule has 0 aliphatic carbocycles. The molecule has 3 aromatic rings. The lowest BCUT2D eigenvalue weighted by Gasteiger charge is -2.13. The maximum absolute atomic E-state index is 12.1. The number of rotatable bonds is 3. The molecule has 0 aliphatic heterocycles. The second-order valence-electron chi connectivity index (χ2n) is 4.44. The predicted molar refractivity (Wildman–Crippen MR) is 79.7 cm³/mol. The summed E-state index contributed by atoms with van der Waals surface area (Å²) in [5, 5.41) is 11.5. The largest absolute Gasteiger partial charge is 0.497 e. The van der Waals surface area contributed by atoms with Gasteiger partial charge in [0.2, 0.25) is 5.88 Å². The van der Waals surface area contributed by atoms with Crippen LogP contribution in [-0.2, 0) is 0 Å². The molecule has 0 radical (unpaired) electrons. The number of nitrogens with zero attached hydrogens (tertiary/aromatic N) is 2. The van der Waals surface area contributed by atoms with Crippen LogP contribution in [0.5, 0.6) is 11.6 Å². The van der Waals surface area contributed by atoms with Gasteiger partial charge in [-0.05, 0) is 29.7 Å². The van der Waals surface area contributed by atoms with Crippen molar-refractivity contribution in [1.82, 2.24) is 9.66 Å². The van der Waals surface area contributed by atoms with Gasteiger partial charge >= 0.3 is 0 Å². The Hall–Kier alpha value is -3.02. The van der Waals surface area contributed by atoms with Crippen LogP contribution in [0.3, 0.4) is 0 Å². The summed E-state index contributed by atoms with van der Waals surface area (Å²) in [4.78, 5) is 16.0. The minimum absolute atomic E-state index is 0.173. The van der Waals surface area contributed by atoms with Crippen LogP contribution in [0, 0.1) is 0 Å². The van der Waals surface area contributed by atoms with Crippen molar-refractivity contribution in [2.24, 2.45) is 0 Å². The van der Waals surface area contributed by atoms with E-state index in [0.717, 1.165) is 4.68 Å². The summed E-state index contributed by atoms with van der Waals surface area (Å²) < 4.78 is 6.22. The summed E-state index contributed by atoms with van der Waals surface area (Å²) in [6.07, 6.45) is 3.18. The highest BCUT2D eigenvalue weighted by atomic mass is 16.5. The van der Waals surface area contributed by atoms with Gasteiger partial charge in [-0.3, -0.25) is 15.2 Å². The minimum Gasteiger partial charge on any atom is -0.497 e. The normalized spacial score (nSPS) is 10.5. The second-order valence-corrected chi connectivity index (χ2v) is 4.44. The van der Waals surface area contributed by atoms with Gasteiger partial charge in [0.1, 0.15) is 5.75 Å². The van der Waals surface area contributed by atoms with Crippen molar-refractivity contribution in [3.8, 4) is 11.6 Å². The molecule has 6 nitrogen and oxygen atoms in total. The Labute approximate surface area is 120 Å². The van der Waals surface area contributed by atoms with E-state index in [1.54, 1.807) is 49.8 Å². The number of pyridine rings is 2. The average molecular weight is 283 g/mol. The molecule has 0 fully saturated rings. The topological polar surface area (TPSA) is 76.4 Å². The van der Waals surface area contributed by atoms with Gasteiger partial charge in [0.15, 0.2) is 0 Å². The lowest BCUT2D eigenvalue weighted by atomic mass is 10.1. The fraction of sp³-hybridized carbons (Fsp3) is 0.0667. The van der Waals surface area contributed by atoms with Gasteiger partial charge < -0.3 is 9.84 Å². The molecule has 0 aliphatic rings. The van der Waals surface area contributed by atoms with Crippen LogP contribution in [0.25, 0.3) is 10.8 Å². The third kappa shape index (κ3) is 2.38. The van der Waals surface area contributed by atoms with Crippen molar-refractivity contribution in [3.05, 3.63) is 59.1 Å². The van der Waals surface area contributed by atoms with E-state index < -0.39 is 0 Å². The van der Waals surface area contributed by atoms with Crippen LogP contribution < -0.4 is 15.7 Å². The standard InChI is InChI=1S/C15H13N3O3/c1-21-12-3-2-10-8-14(19)18(15(20)13(10)9-12)17-11-4-6-16-7-5-11/h2-9,20H,1H3,(H,16,17). The molecule has 2 aromatic heterocycles. The molecule has 2 N–H and O–H groups in total. The lowest BCUT2D eigenvalue weighted by Crippen LogP contribution is -2.25. The highest BCUT2D eigenvalue weighted by molar-refractivity contribution is 5.88. The Bertz CT molecular complexity index is 844. The summed E-state index contributed by atoms with van der Waals surface area (Å²) in [7, 11) is 1.55. The number of hydrogen-bond acceptors (Lipinski definition) is 5. The van der Waals surface area contributed by atoms with Crippen molar-refractivity contribution in [3.63, 3.8) is 0 Å². The van der Waals surface area contributed by atoms with Crippen molar-refractivity contribution in [2.45, 2.75) is 0 Å². The predicted octanol–water partition coefficient (Wildman–Crippen LogP) is 1.99. The molecule has 0 spiro atoms. The zero-order chi connectivity index (χ0) is 14.8. The fourth-order valence-electron chi connectivity index (χ4n) is 2.07. The van der Waals surface area contributed by atoms with E-state index in [1.807, 2.05) is 0 Å². The molecule has 0 atom stereocenters. The van der Waals surface area contributed by atoms with Crippen LogP contribution in [0.2, 0.25) is 0 Å². The van der Waals surface area contributed by atoms with Gasteiger partial charge in [0.05, 0.1) is 12.8 Å². The van der Waals surface area contributed by atoms with Crippen LogP contribution in [-0.4, -0.2) is 21.9 Å². The molecule has 21 heavy (non-hydrogen) atoms. The molecule has 0 saturated heterocycles. The first-order chi connectivity index (χ1) is 10.2. The first-order valence-corrected chi connectivity index (χ1v) is 6.29. The van der Waals surface area contributed by atoms with Crippen LogP contribution in [0.4, 0.5) is 5.69 Å². The minimum atomic E-state index is -0.359. The van der Waals surface area contributed by atoms with Crippen LogP contribution >= 0.6 is 0 Å². The molecular formula is C15H13N3O3. The van der Waals surface area contributed by atoms with E-state index in [-0.39, 0.29) is 11.4 Å². The number of aromatic hydroxyl groups is 1. The summed E-state index contributed by atoms with van der Waals surface area (Å²) in [5.74, 6) is 0.431. The van der Waals surface area contributed by atoms with Gasteiger partial charge in [0.25, 0.3) is 5.56 Å². The number of methoxy groups -OCH3 is 1. The van der Waals surface area contributed by atoms with E-state index in [4.69, 9.17) is 4.74 Å². The van der Waals surface area contributed by atoms with Gasteiger partial charge in [-0.2, -0.15) is 4.68 Å². The molecule has 3 rings (SSSR count). The van der Waals surface area contributed by atoms with Gasteiger partial charge in [-0.25, -0.2) is 0 Å². The molecule has 0 amide bonds. The quantitative estimate of drug-likeness (QED) is 0.768. The first kappa shape index (κ1) is 13.0. The third-order valence-corrected chi connectivity index (χ3v) is 3.13. The summed E-state index contributed by atoms with van der Waals surface area (Å²) in [6, 6.07) is 9.98. The Balaban J connectivity index is 2.16. The smallest absolute Gasteiger partial charge is 0.272 e. The highest BCUT2D eigenvalue weighted by Gasteiger charge is 2.10. The molecule has 6 heteroatoms. The lowest BCUT2D eigenvalue weighted by molar-refractivity contribution is 0.413. The fourth-order valence-corrected chi connectivity index (χ4v) is 2.07. The zero-order valence-corrected chi connectivity index (χ0v) is 11.3. The molecule has 1 aromatic carbocycles. The molecule has 0 bridgehead atoms. The third-order valence-electron chi connectivity index (χ3n) is 3.13. The van der Waals surface area contributed by atoms with Gasteiger partial charge in [-0.1, -0.05) is 6.07 Å². The summed E-state index contributed by atoms with van der Waals surface area (Å²) in [5.41, 5.74) is 3.13. The van der Waals surface area contributed by atoms with Crippen molar-refractivity contribution in [2.75, 3.05) is 12.5 Å². The van der Waals surface area contributed by atoms with Crippen LogP contribution in [0.1, 0.15) is 0 Å².